The van der Waals surface area contributed by atoms with Gasteiger partial charge >= 0.3 is 0 Å². The van der Waals surface area contributed by atoms with E-state index in [-0.39, 0.29) is 24.2 Å². The summed E-state index contributed by atoms with van der Waals surface area (Å²) in [7, 11) is 1.69. The number of benzene rings is 1. The minimum Gasteiger partial charge on any atom is -0.346 e. The first-order valence-electron chi connectivity index (χ1n) is 7.58. The molecule has 2 amide bonds. The van der Waals surface area contributed by atoms with Crippen molar-refractivity contribution in [3.63, 3.8) is 0 Å². The van der Waals surface area contributed by atoms with Crippen LogP contribution in [-0.2, 0) is 9.59 Å². The maximum Gasteiger partial charge on any atom is 0.257 e. The summed E-state index contributed by atoms with van der Waals surface area (Å²) in [5.74, 6) is 0.197. The molecule has 126 valence electrons. The molecule has 3 rings (SSSR count). The lowest BCUT2D eigenvalue weighted by molar-refractivity contribution is -0.128. The Balaban J connectivity index is 1.65. The smallest absolute Gasteiger partial charge is 0.257 e. The highest BCUT2D eigenvalue weighted by Gasteiger charge is 2.33. The van der Waals surface area contributed by atoms with E-state index in [1.807, 2.05) is 0 Å². The quantitative estimate of drug-likeness (QED) is 0.913. The van der Waals surface area contributed by atoms with Crippen LogP contribution in [0.15, 0.2) is 28.8 Å². The minimum absolute atomic E-state index is 0.0209. The summed E-state index contributed by atoms with van der Waals surface area (Å²) in [5.41, 5.74) is 0.750. The molecule has 2 atom stereocenters. The highest BCUT2D eigenvalue weighted by atomic mass is 35.5. The molecule has 1 N–H and O–H groups in total. The first-order valence-corrected chi connectivity index (χ1v) is 7.95. The Labute approximate surface area is 144 Å². The van der Waals surface area contributed by atoms with Crippen LogP contribution < -0.4 is 5.32 Å². The van der Waals surface area contributed by atoms with Crippen LogP contribution in [0.3, 0.4) is 0 Å². The van der Waals surface area contributed by atoms with E-state index in [9.17, 15) is 9.59 Å². The summed E-state index contributed by atoms with van der Waals surface area (Å²) in [5, 5.41) is 7.36. The van der Waals surface area contributed by atoms with Crippen molar-refractivity contribution in [3.05, 3.63) is 35.1 Å². The second-order valence-electron chi connectivity index (χ2n) is 5.87. The number of carbonyl (C=O) groups excluding carboxylic acids is 2. The molecule has 2 heterocycles. The van der Waals surface area contributed by atoms with Gasteiger partial charge in [-0.2, -0.15) is 4.98 Å². The zero-order valence-corrected chi connectivity index (χ0v) is 14.1. The van der Waals surface area contributed by atoms with Crippen LogP contribution >= 0.6 is 11.6 Å². The first kappa shape index (κ1) is 16.4. The Bertz CT molecular complexity index is 759. The van der Waals surface area contributed by atoms with Crippen molar-refractivity contribution in [2.45, 2.75) is 19.4 Å². The lowest BCUT2D eigenvalue weighted by atomic mass is 10.1. The first-order chi connectivity index (χ1) is 11.4. The van der Waals surface area contributed by atoms with Crippen molar-refractivity contribution in [1.29, 1.82) is 0 Å². The van der Waals surface area contributed by atoms with E-state index >= 15 is 0 Å². The van der Waals surface area contributed by atoms with Gasteiger partial charge in [-0.25, -0.2) is 0 Å². The maximum atomic E-state index is 12.2. The molecule has 0 radical (unpaired) electrons. The highest BCUT2D eigenvalue weighted by molar-refractivity contribution is 6.30. The number of aromatic nitrogens is 2. The fourth-order valence-corrected chi connectivity index (χ4v) is 2.68. The van der Waals surface area contributed by atoms with E-state index in [0.29, 0.717) is 23.3 Å². The van der Waals surface area contributed by atoms with Crippen LogP contribution in [0.4, 0.5) is 0 Å². The molecule has 24 heavy (non-hydrogen) atoms. The molecule has 1 fully saturated rings. The van der Waals surface area contributed by atoms with Crippen LogP contribution in [0, 0.1) is 5.92 Å². The average molecular weight is 349 g/mol. The van der Waals surface area contributed by atoms with E-state index in [1.54, 1.807) is 43.1 Å². The summed E-state index contributed by atoms with van der Waals surface area (Å²) in [6.07, 6.45) is 0.233. The number of hydrogen-bond acceptors (Lipinski definition) is 5. The Morgan fingerprint density at radius 2 is 2.12 bits per heavy atom. The van der Waals surface area contributed by atoms with Crippen molar-refractivity contribution >= 4 is 23.4 Å². The van der Waals surface area contributed by atoms with Crippen molar-refractivity contribution in [1.82, 2.24) is 20.4 Å². The van der Waals surface area contributed by atoms with Crippen LogP contribution in [0.2, 0.25) is 5.02 Å². The molecule has 1 aliphatic heterocycles. The zero-order chi connectivity index (χ0) is 17.3. The van der Waals surface area contributed by atoms with Crippen LogP contribution in [0.1, 0.15) is 25.2 Å². The SMILES string of the molecule is C[C@H](NC(=O)[C@H]1CC(=O)N(C)C1)c1noc(-c2ccc(Cl)cc2)n1. The number of amides is 2. The topological polar surface area (TPSA) is 88.3 Å². The van der Waals surface area contributed by atoms with Crippen molar-refractivity contribution in [3.8, 4) is 11.5 Å². The van der Waals surface area contributed by atoms with Gasteiger partial charge in [0.2, 0.25) is 11.8 Å². The normalized spacial score (nSPS) is 18.7. The zero-order valence-electron chi connectivity index (χ0n) is 13.3. The standard InChI is InChI=1S/C16H17ClN4O3/c1-9(18-15(23)11-7-13(22)21(2)8-11)14-19-16(24-20-14)10-3-5-12(17)6-4-10/h3-6,9,11H,7-8H2,1-2H3,(H,18,23)/t9-,11-/m0/s1. The molecule has 0 spiro atoms. The van der Waals surface area contributed by atoms with Crippen molar-refractivity contribution < 1.29 is 14.1 Å². The van der Waals surface area contributed by atoms with Crippen molar-refractivity contribution in [2.24, 2.45) is 5.92 Å². The van der Waals surface area contributed by atoms with Gasteiger partial charge in [0.1, 0.15) is 0 Å². The van der Waals surface area contributed by atoms with E-state index in [4.69, 9.17) is 16.1 Å². The third kappa shape index (κ3) is 3.41. The molecular formula is C16H17ClN4O3. The van der Waals surface area contributed by atoms with E-state index in [0.717, 1.165) is 5.56 Å². The lowest BCUT2D eigenvalue weighted by Gasteiger charge is -2.14. The molecule has 0 bridgehead atoms. The van der Waals surface area contributed by atoms with Gasteiger partial charge in [-0.05, 0) is 31.2 Å². The fraction of sp³-hybridized carbons (Fsp3) is 0.375. The summed E-state index contributed by atoms with van der Waals surface area (Å²) >= 11 is 5.85. The van der Waals surface area contributed by atoms with Crippen LogP contribution in [-0.4, -0.2) is 40.4 Å². The van der Waals surface area contributed by atoms with Gasteiger partial charge in [0.25, 0.3) is 5.89 Å². The Hall–Kier alpha value is -2.41. The van der Waals surface area contributed by atoms with Gasteiger partial charge in [-0.3, -0.25) is 9.59 Å². The molecule has 1 aromatic heterocycles. The second-order valence-corrected chi connectivity index (χ2v) is 6.31. The average Bonchev–Trinajstić information content (AvgIpc) is 3.16. The number of halogens is 1. The Morgan fingerprint density at radius 1 is 1.42 bits per heavy atom. The van der Waals surface area contributed by atoms with Gasteiger partial charge in [0.15, 0.2) is 5.82 Å². The van der Waals surface area contributed by atoms with Gasteiger partial charge in [0.05, 0.1) is 12.0 Å². The Morgan fingerprint density at radius 3 is 2.75 bits per heavy atom. The molecule has 1 aromatic carbocycles. The van der Waals surface area contributed by atoms with E-state index < -0.39 is 6.04 Å². The number of carbonyl (C=O) groups is 2. The van der Waals surface area contributed by atoms with Gasteiger partial charge in [-0.1, -0.05) is 16.8 Å². The second kappa shape index (κ2) is 6.60. The minimum atomic E-state index is -0.414. The summed E-state index contributed by atoms with van der Waals surface area (Å²) < 4.78 is 5.24. The van der Waals surface area contributed by atoms with Gasteiger partial charge < -0.3 is 14.7 Å². The molecule has 1 aliphatic rings. The van der Waals surface area contributed by atoms with E-state index in [1.165, 1.54) is 0 Å². The maximum absolute atomic E-state index is 12.2. The lowest BCUT2D eigenvalue weighted by Crippen LogP contribution is -2.34. The van der Waals surface area contributed by atoms with E-state index in [2.05, 4.69) is 15.5 Å². The monoisotopic (exact) mass is 348 g/mol. The van der Waals surface area contributed by atoms with Crippen LogP contribution in [0.5, 0.6) is 0 Å². The predicted molar refractivity (Wildman–Crippen MR) is 87.0 cm³/mol. The molecule has 8 heteroatoms. The fourth-order valence-electron chi connectivity index (χ4n) is 2.56. The molecule has 1 saturated heterocycles. The Kier molecular flexibility index (Phi) is 4.53. The summed E-state index contributed by atoms with van der Waals surface area (Å²) in [4.78, 5) is 29.6. The number of nitrogens with zero attached hydrogens (tertiary/aromatic N) is 3. The summed E-state index contributed by atoms with van der Waals surface area (Å²) in [6, 6.07) is 6.62. The largest absolute Gasteiger partial charge is 0.346 e. The number of rotatable bonds is 4. The molecule has 2 aromatic rings. The van der Waals surface area contributed by atoms with Gasteiger partial charge in [0, 0.05) is 30.6 Å². The van der Waals surface area contributed by atoms with Gasteiger partial charge in [-0.15, -0.1) is 0 Å². The molecular weight excluding hydrogens is 332 g/mol. The van der Waals surface area contributed by atoms with Crippen molar-refractivity contribution in [2.75, 3.05) is 13.6 Å². The summed E-state index contributed by atoms with van der Waals surface area (Å²) in [6.45, 7) is 2.20. The third-order valence-electron chi connectivity index (χ3n) is 3.99. The third-order valence-corrected chi connectivity index (χ3v) is 4.24. The molecule has 0 saturated carbocycles. The number of likely N-dealkylation sites (tertiary alicyclic amines) is 1. The van der Waals surface area contributed by atoms with Crippen LogP contribution in [0.25, 0.3) is 11.5 Å². The molecule has 7 nitrogen and oxygen atoms in total. The number of hydrogen-bond donors (Lipinski definition) is 1. The molecule has 0 aliphatic carbocycles. The number of nitrogens with one attached hydrogen (secondary N) is 1. The highest BCUT2D eigenvalue weighted by Crippen LogP contribution is 2.22. The molecule has 0 unspecified atom stereocenters. The predicted octanol–water partition coefficient (Wildman–Crippen LogP) is 2.05.